The first kappa shape index (κ1) is 18.5. The lowest BCUT2D eigenvalue weighted by Crippen LogP contribution is -2.48. The second-order valence-corrected chi connectivity index (χ2v) is 8.18. The molecule has 0 atom stereocenters. The second-order valence-electron chi connectivity index (χ2n) is 6.24. The Hall–Kier alpha value is -2.25. The van der Waals surface area contributed by atoms with Crippen LogP contribution in [0.15, 0.2) is 47.4 Å². The molecule has 1 heterocycles. The van der Waals surface area contributed by atoms with Gasteiger partial charge in [-0.15, -0.1) is 0 Å². The number of methoxy groups -OCH3 is 2. The molecule has 0 spiro atoms. The average Bonchev–Trinajstić information content (AvgIpc) is 2.68. The SMILES string of the molecule is COc1ccc(N2CCN(S(=O)(=O)c3ccc(C)cc3)CC2)cc1OC. The van der Waals surface area contributed by atoms with E-state index in [1.54, 1.807) is 30.7 Å². The van der Waals surface area contributed by atoms with Gasteiger partial charge in [-0.25, -0.2) is 8.42 Å². The molecule has 0 unspecified atom stereocenters. The molecule has 2 aromatic carbocycles. The molecule has 1 aliphatic rings. The van der Waals surface area contributed by atoms with E-state index in [4.69, 9.17) is 9.47 Å². The van der Waals surface area contributed by atoms with Gasteiger partial charge >= 0.3 is 0 Å². The summed E-state index contributed by atoms with van der Waals surface area (Å²) in [6.45, 7) is 4.09. The molecule has 0 saturated carbocycles. The van der Waals surface area contributed by atoms with Crippen molar-refractivity contribution in [3.8, 4) is 11.5 Å². The minimum Gasteiger partial charge on any atom is -0.493 e. The third kappa shape index (κ3) is 3.64. The number of hydrogen-bond acceptors (Lipinski definition) is 5. The Labute approximate surface area is 155 Å². The van der Waals surface area contributed by atoms with Crippen molar-refractivity contribution in [1.29, 1.82) is 0 Å². The summed E-state index contributed by atoms with van der Waals surface area (Å²) in [5.74, 6) is 1.34. The predicted octanol–water partition coefficient (Wildman–Crippen LogP) is 2.52. The fourth-order valence-electron chi connectivity index (χ4n) is 3.07. The number of hydrogen-bond donors (Lipinski definition) is 0. The fourth-order valence-corrected chi connectivity index (χ4v) is 4.49. The van der Waals surface area contributed by atoms with Crippen molar-refractivity contribution >= 4 is 15.7 Å². The van der Waals surface area contributed by atoms with Crippen molar-refractivity contribution < 1.29 is 17.9 Å². The van der Waals surface area contributed by atoms with Gasteiger partial charge in [0.2, 0.25) is 10.0 Å². The number of benzene rings is 2. The van der Waals surface area contributed by atoms with Gasteiger partial charge in [-0.2, -0.15) is 4.31 Å². The van der Waals surface area contributed by atoms with Crippen molar-refractivity contribution in [3.05, 3.63) is 48.0 Å². The highest BCUT2D eigenvalue weighted by Crippen LogP contribution is 2.32. The molecule has 1 aliphatic heterocycles. The largest absolute Gasteiger partial charge is 0.493 e. The zero-order valence-electron chi connectivity index (χ0n) is 15.3. The molecule has 1 saturated heterocycles. The molecule has 0 amide bonds. The number of rotatable bonds is 5. The molecule has 2 aromatic rings. The van der Waals surface area contributed by atoms with Crippen LogP contribution in [0.5, 0.6) is 11.5 Å². The summed E-state index contributed by atoms with van der Waals surface area (Å²) >= 11 is 0. The number of anilines is 1. The van der Waals surface area contributed by atoms with Crippen LogP contribution < -0.4 is 14.4 Å². The van der Waals surface area contributed by atoms with E-state index in [1.807, 2.05) is 37.3 Å². The Balaban J connectivity index is 1.72. The summed E-state index contributed by atoms with van der Waals surface area (Å²) in [5.41, 5.74) is 2.04. The molecule has 0 bridgehead atoms. The quantitative estimate of drug-likeness (QED) is 0.803. The van der Waals surface area contributed by atoms with E-state index in [2.05, 4.69) is 4.90 Å². The molecular formula is C19H24N2O4S. The molecule has 0 N–H and O–H groups in total. The molecule has 0 aromatic heterocycles. The Morgan fingerprint density at radius 2 is 1.46 bits per heavy atom. The lowest BCUT2D eigenvalue weighted by Gasteiger charge is -2.35. The standard InChI is InChI=1S/C19H24N2O4S/c1-15-4-7-17(8-5-15)26(22,23)21-12-10-20(11-13-21)16-6-9-18(24-2)19(14-16)25-3/h4-9,14H,10-13H2,1-3H3. The van der Waals surface area contributed by atoms with E-state index in [0.717, 1.165) is 11.3 Å². The zero-order chi connectivity index (χ0) is 18.7. The van der Waals surface area contributed by atoms with E-state index < -0.39 is 10.0 Å². The highest BCUT2D eigenvalue weighted by Gasteiger charge is 2.28. The van der Waals surface area contributed by atoms with Crippen LogP contribution in [0.25, 0.3) is 0 Å². The van der Waals surface area contributed by atoms with Crippen LogP contribution in [0.2, 0.25) is 0 Å². The average molecular weight is 376 g/mol. The van der Waals surface area contributed by atoms with Gasteiger partial charge in [0.15, 0.2) is 11.5 Å². The minimum absolute atomic E-state index is 0.350. The first-order valence-electron chi connectivity index (χ1n) is 8.49. The molecule has 0 radical (unpaired) electrons. The van der Waals surface area contributed by atoms with Crippen LogP contribution in [-0.4, -0.2) is 53.1 Å². The summed E-state index contributed by atoms with van der Waals surface area (Å²) in [4.78, 5) is 2.51. The van der Waals surface area contributed by atoms with Crippen molar-refractivity contribution in [2.75, 3.05) is 45.3 Å². The Bertz CT molecular complexity index is 858. The van der Waals surface area contributed by atoms with Crippen LogP contribution in [0.3, 0.4) is 0 Å². The minimum atomic E-state index is -3.45. The Morgan fingerprint density at radius 3 is 2.04 bits per heavy atom. The molecule has 3 rings (SSSR count). The maximum Gasteiger partial charge on any atom is 0.243 e. The molecular weight excluding hydrogens is 352 g/mol. The van der Waals surface area contributed by atoms with E-state index in [0.29, 0.717) is 42.6 Å². The molecule has 7 heteroatoms. The first-order valence-corrected chi connectivity index (χ1v) is 9.93. The van der Waals surface area contributed by atoms with Crippen molar-refractivity contribution in [1.82, 2.24) is 4.31 Å². The van der Waals surface area contributed by atoms with E-state index in [-0.39, 0.29) is 0 Å². The Kier molecular flexibility index (Phi) is 5.38. The lowest BCUT2D eigenvalue weighted by atomic mass is 10.2. The second kappa shape index (κ2) is 7.55. The van der Waals surface area contributed by atoms with Crippen LogP contribution in [-0.2, 0) is 10.0 Å². The third-order valence-corrected chi connectivity index (χ3v) is 6.54. The first-order chi connectivity index (χ1) is 12.5. The molecule has 0 aliphatic carbocycles. The maximum absolute atomic E-state index is 12.8. The van der Waals surface area contributed by atoms with Crippen molar-refractivity contribution in [2.45, 2.75) is 11.8 Å². The Morgan fingerprint density at radius 1 is 0.846 bits per heavy atom. The summed E-state index contributed by atoms with van der Waals surface area (Å²) in [6.07, 6.45) is 0. The number of piperazine rings is 1. The number of aryl methyl sites for hydroxylation is 1. The topological polar surface area (TPSA) is 59.1 Å². The molecule has 140 valence electrons. The summed E-state index contributed by atoms with van der Waals surface area (Å²) < 4.78 is 37.8. The predicted molar refractivity (Wildman–Crippen MR) is 102 cm³/mol. The smallest absolute Gasteiger partial charge is 0.243 e. The summed E-state index contributed by atoms with van der Waals surface area (Å²) in [6, 6.07) is 12.7. The van der Waals surface area contributed by atoms with Gasteiger partial charge in [0.25, 0.3) is 0 Å². The summed E-state index contributed by atoms with van der Waals surface area (Å²) in [5, 5.41) is 0. The van der Waals surface area contributed by atoms with Gasteiger partial charge in [0, 0.05) is 37.9 Å². The number of nitrogens with zero attached hydrogens (tertiary/aromatic N) is 2. The van der Waals surface area contributed by atoms with E-state index >= 15 is 0 Å². The van der Waals surface area contributed by atoms with Gasteiger partial charge in [-0.1, -0.05) is 17.7 Å². The van der Waals surface area contributed by atoms with E-state index in [1.165, 1.54) is 0 Å². The van der Waals surface area contributed by atoms with Gasteiger partial charge in [-0.05, 0) is 31.2 Å². The number of sulfonamides is 1. The van der Waals surface area contributed by atoms with Gasteiger partial charge in [0.1, 0.15) is 0 Å². The zero-order valence-corrected chi connectivity index (χ0v) is 16.1. The highest BCUT2D eigenvalue weighted by molar-refractivity contribution is 7.89. The molecule has 1 fully saturated rings. The normalized spacial score (nSPS) is 15.7. The lowest BCUT2D eigenvalue weighted by molar-refractivity contribution is 0.354. The van der Waals surface area contributed by atoms with Crippen molar-refractivity contribution in [2.24, 2.45) is 0 Å². The monoisotopic (exact) mass is 376 g/mol. The van der Waals surface area contributed by atoms with Crippen LogP contribution >= 0.6 is 0 Å². The van der Waals surface area contributed by atoms with Crippen LogP contribution in [0.4, 0.5) is 5.69 Å². The number of ether oxygens (including phenoxy) is 2. The highest BCUT2D eigenvalue weighted by atomic mass is 32.2. The third-order valence-electron chi connectivity index (χ3n) is 4.63. The van der Waals surface area contributed by atoms with Gasteiger partial charge in [0.05, 0.1) is 19.1 Å². The van der Waals surface area contributed by atoms with Crippen molar-refractivity contribution in [3.63, 3.8) is 0 Å². The summed E-state index contributed by atoms with van der Waals surface area (Å²) in [7, 11) is -0.238. The van der Waals surface area contributed by atoms with Gasteiger partial charge in [-0.3, -0.25) is 0 Å². The van der Waals surface area contributed by atoms with E-state index in [9.17, 15) is 8.42 Å². The maximum atomic E-state index is 12.8. The van der Waals surface area contributed by atoms with Crippen LogP contribution in [0, 0.1) is 6.92 Å². The van der Waals surface area contributed by atoms with Crippen LogP contribution in [0.1, 0.15) is 5.56 Å². The fraction of sp³-hybridized carbons (Fsp3) is 0.368. The molecule has 26 heavy (non-hydrogen) atoms. The van der Waals surface area contributed by atoms with Gasteiger partial charge < -0.3 is 14.4 Å². The molecule has 6 nitrogen and oxygen atoms in total.